The summed E-state index contributed by atoms with van der Waals surface area (Å²) in [6.07, 6.45) is 2.47. The largest absolute Gasteiger partial charge is 0.303 e. The minimum Gasteiger partial charge on any atom is -0.303 e. The van der Waals surface area contributed by atoms with Gasteiger partial charge in [-0.25, -0.2) is 0 Å². The first-order valence-corrected chi connectivity index (χ1v) is 7.56. The van der Waals surface area contributed by atoms with Crippen LogP contribution in [0.5, 0.6) is 0 Å². The van der Waals surface area contributed by atoms with E-state index in [2.05, 4.69) is 25.7 Å². The van der Waals surface area contributed by atoms with Gasteiger partial charge in [0.15, 0.2) is 0 Å². The first-order valence-electron chi connectivity index (χ1n) is 7.56. The van der Waals surface area contributed by atoms with Crippen molar-refractivity contribution in [2.75, 3.05) is 19.6 Å². The zero-order chi connectivity index (χ0) is 15.8. The van der Waals surface area contributed by atoms with Gasteiger partial charge in [-0.15, -0.1) is 0 Å². The number of nitro groups is 1. The molecule has 2 aliphatic carbocycles. The van der Waals surface area contributed by atoms with E-state index in [4.69, 9.17) is 0 Å². The van der Waals surface area contributed by atoms with Crippen molar-refractivity contribution in [1.82, 2.24) is 4.90 Å². The molecule has 0 spiro atoms. The molecule has 0 aromatic carbocycles. The molecule has 21 heavy (non-hydrogen) atoms. The van der Waals surface area contributed by atoms with Gasteiger partial charge in [0, 0.05) is 25.5 Å². The molecule has 0 fully saturated rings. The lowest BCUT2D eigenvalue weighted by atomic mass is 10.2. The highest BCUT2D eigenvalue weighted by molar-refractivity contribution is 5.89. The molecule has 0 aliphatic heterocycles. The Bertz CT molecular complexity index is 496. The molecular formula is C16H24N2O3. The third kappa shape index (κ3) is 5.63. The molecule has 0 heterocycles. The maximum absolute atomic E-state index is 11.2. The zero-order valence-corrected chi connectivity index (χ0v) is 13.1. The van der Waals surface area contributed by atoms with Crippen LogP contribution in [0.1, 0.15) is 40.0 Å². The average molecular weight is 292 g/mol. The minimum atomic E-state index is -0.359. The fourth-order valence-electron chi connectivity index (χ4n) is 2.12. The van der Waals surface area contributed by atoms with E-state index in [1.165, 1.54) is 6.07 Å². The van der Waals surface area contributed by atoms with Gasteiger partial charge in [-0.1, -0.05) is 20.8 Å². The first kappa shape index (κ1) is 17.3. The third-order valence-electron chi connectivity index (χ3n) is 3.55. The number of fused-ring (bicyclic) bond motifs is 1. The Kier molecular flexibility index (Phi) is 7.02. The van der Waals surface area contributed by atoms with E-state index in [0.717, 1.165) is 50.0 Å². The van der Waals surface area contributed by atoms with Crippen LogP contribution in [0.2, 0.25) is 0 Å². The van der Waals surface area contributed by atoms with Crippen molar-refractivity contribution in [3.8, 4) is 11.1 Å². The summed E-state index contributed by atoms with van der Waals surface area (Å²) in [6.45, 7) is 9.36. The number of ketones is 1. The summed E-state index contributed by atoms with van der Waals surface area (Å²) in [7, 11) is 0. The normalized spacial score (nSPS) is 10.9. The fraction of sp³-hybridized carbons (Fsp3) is 0.562. The lowest BCUT2D eigenvalue weighted by molar-refractivity contribution is -0.383. The molecule has 5 heteroatoms. The van der Waals surface area contributed by atoms with E-state index in [1.807, 2.05) is 0 Å². The number of hydrogen-bond donors (Lipinski definition) is 0. The number of benzene rings is 1. The Morgan fingerprint density at radius 2 is 1.86 bits per heavy atom. The van der Waals surface area contributed by atoms with Crippen LogP contribution in [-0.2, 0) is 4.79 Å². The van der Waals surface area contributed by atoms with E-state index in [1.54, 1.807) is 12.1 Å². The van der Waals surface area contributed by atoms with E-state index < -0.39 is 0 Å². The zero-order valence-electron chi connectivity index (χ0n) is 13.1. The highest BCUT2D eigenvalue weighted by Crippen LogP contribution is 2.42. The van der Waals surface area contributed by atoms with Crippen molar-refractivity contribution < 1.29 is 9.72 Å². The maximum Gasteiger partial charge on any atom is 0.277 e. The number of nitro benzene ring substituents is 1. The average Bonchev–Trinajstić information content (AvgIpc) is 3.11. The molecule has 2 rings (SSSR count). The summed E-state index contributed by atoms with van der Waals surface area (Å²) in [6, 6.07) is 5.09. The molecule has 0 bridgehead atoms. The number of carbonyl (C=O) groups excluding carboxylic acids is 1. The van der Waals surface area contributed by atoms with Gasteiger partial charge in [0.05, 0.1) is 10.5 Å². The van der Waals surface area contributed by atoms with Crippen LogP contribution in [0.25, 0.3) is 11.1 Å². The molecule has 0 atom stereocenters. The topological polar surface area (TPSA) is 63.5 Å². The molecular weight excluding hydrogens is 268 g/mol. The Morgan fingerprint density at radius 3 is 2.19 bits per heavy atom. The molecule has 0 amide bonds. The summed E-state index contributed by atoms with van der Waals surface area (Å²) in [5.74, 6) is 0.407. The van der Waals surface area contributed by atoms with Crippen molar-refractivity contribution in [3.63, 3.8) is 0 Å². The standard InChI is InChI=1S/C10H21NO.C6H3NO2/c1-4-7-10(12)8-9-11(5-2)6-3;8-7(9)6-2-1-4-3-5(4)6/h4-9H2,1-3H3;1-3H. The Balaban J connectivity index is 0.000000216. The fourth-order valence-corrected chi connectivity index (χ4v) is 2.12. The molecule has 116 valence electrons. The molecule has 5 nitrogen and oxygen atoms in total. The van der Waals surface area contributed by atoms with Crippen LogP contribution >= 0.6 is 0 Å². The Morgan fingerprint density at radius 1 is 1.19 bits per heavy atom. The Labute approximate surface area is 126 Å². The summed E-state index contributed by atoms with van der Waals surface area (Å²) >= 11 is 0. The number of rotatable bonds is 8. The number of nitrogens with zero attached hydrogens (tertiary/aromatic N) is 2. The van der Waals surface area contributed by atoms with Crippen LogP contribution in [0.3, 0.4) is 0 Å². The molecule has 0 saturated carbocycles. The lowest BCUT2D eigenvalue weighted by Crippen LogP contribution is -2.25. The number of Topliss-reactive ketones (excluding diaryl/α,β-unsaturated/α-hetero) is 1. The SMILES string of the molecule is CCCC(=O)CCN(CC)CC.O=[N+]([O-])c1ccc2cc1-2. The van der Waals surface area contributed by atoms with E-state index in [0.29, 0.717) is 5.78 Å². The van der Waals surface area contributed by atoms with E-state index in [9.17, 15) is 14.9 Å². The second-order valence-electron chi connectivity index (χ2n) is 5.05. The summed E-state index contributed by atoms with van der Waals surface area (Å²) in [5.41, 5.74) is 2.06. The second kappa shape index (κ2) is 8.52. The van der Waals surface area contributed by atoms with Gasteiger partial charge in [0.1, 0.15) is 5.78 Å². The number of hydrogen-bond acceptors (Lipinski definition) is 4. The lowest BCUT2D eigenvalue weighted by Gasteiger charge is -2.16. The summed E-state index contributed by atoms with van der Waals surface area (Å²) in [4.78, 5) is 23.2. The quantitative estimate of drug-likeness (QED) is 0.550. The summed E-state index contributed by atoms with van der Waals surface area (Å²) < 4.78 is 0. The minimum absolute atomic E-state index is 0.241. The van der Waals surface area contributed by atoms with Crippen molar-refractivity contribution in [1.29, 1.82) is 0 Å². The van der Waals surface area contributed by atoms with Gasteiger partial charge in [0.25, 0.3) is 5.69 Å². The molecule has 0 unspecified atom stereocenters. The molecule has 0 aromatic heterocycles. The second-order valence-corrected chi connectivity index (χ2v) is 5.05. The summed E-state index contributed by atoms with van der Waals surface area (Å²) in [5, 5.41) is 10.1. The van der Waals surface area contributed by atoms with Gasteiger partial charge in [0.2, 0.25) is 0 Å². The highest BCUT2D eigenvalue weighted by atomic mass is 16.6. The molecule has 2 aliphatic rings. The van der Waals surface area contributed by atoms with Gasteiger partial charge in [-0.05, 0) is 37.2 Å². The predicted octanol–water partition coefficient (Wildman–Crippen LogP) is 3.66. The molecule has 0 saturated heterocycles. The van der Waals surface area contributed by atoms with Crippen LogP contribution < -0.4 is 0 Å². The van der Waals surface area contributed by atoms with Gasteiger partial charge >= 0.3 is 0 Å². The molecule has 0 N–H and O–H groups in total. The van der Waals surface area contributed by atoms with Gasteiger partial charge in [-0.2, -0.15) is 0 Å². The van der Waals surface area contributed by atoms with Gasteiger partial charge in [-0.3, -0.25) is 14.9 Å². The Hall–Kier alpha value is -1.75. The van der Waals surface area contributed by atoms with Crippen LogP contribution in [0.15, 0.2) is 18.2 Å². The monoisotopic (exact) mass is 292 g/mol. The van der Waals surface area contributed by atoms with Gasteiger partial charge < -0.3 is 4.90 Å². The predicted molar refractivity (Wildman–Crippen MR) is 84.4 cm³/mol. The first-order chi connectivity index (χ1) is 10.0. The third-order valence-corrected chi connectivity index (χ3v) is 3.55. The van der Waals surface area contributed by atoms with E-state index >= 15 is 0 Å². The smallest absolute Gasteiger partial charge is 0.277 e. The van der Waals surface area contributed by atoms with Crippen LogP contribution in [-0.4, -0.2) is 35.2 Å². The maximum atomic E-state index is 11.2. The van der Waals surface area contributed by atoms with Crippen molar-refractivity contribution in [3.05, 3.63) is 28.3 Å². The van der Waals surface area contributed by atoms with Crippen LogP contribution in [0, 0.1) is 10.1 Å². The highest BCUT2D eigenvalue weighted by Gasteiger charge is 2.24. The van der Waals surface area contributed by atoms with Crippen molar-refractivity contribution in [2.24, 2.45) is 0 Å². The number of carbonyl (C=O) groups is 1. The van der Waals surface area contributed by atoms with Crippen LogP contribution in [0.4, 0.5) is 5.69 Å². The molecule has 0 aromatic rings. The van der Waals surface area contributed by atoms with Crippen molar-refractivity contribution in [2.45, 2.75) is 40.0 Å². The van der Waals surface area contributed by atoms with Crippen molar-refractivity contribution >= 4 is 11.5 Å². The molecule has 0 radical (unpaired) electrons. The van der Waals surface area contributed by atoms with E-state index in [-0.39, 0.29) is 10.6 Å².